The van der Waals surface area contributed by atoms with Gasteiger partial charge in [-0.1, -0.05) is 81.4 Å². The summed E-state index contributed by atoms with van der Waals surface area (Å²) in [5.41, 5.74) is 6.51. The van der Waals surface area contributed by atoms with Crippen molar-refractivity contribution in [2.75, 3.05) is 0 Å². The fraction of sp³-hybridized carbons (Fsp3) is 0.138. The molecule has 2 heteroatoms. The molecule has 2 nitrogen and oxygen atoms in total. The van der Waals surface area contributed by atoms with Gasteiger partial charge in [0.1, 0.15) is 0 Å². The Balaban J connectivity index is 1.79. The third kappa shape index (κ3) is 3.34. The van der Waals surface area contributed by atoms with Gasteiger partial charge in [0.2, 0.25) is 0 Å². The van der Waals surface area contributed by atoms with Crippen LogP contribution in [-0.2, 0) is 5.41 Å². The van der Waals surface area contributed by atoms with E-state index >= 15 is 0 Å². The first-order chi connectivity index (χ1) is 14.9. The van der Waals surface area contributed by atoms with Crippen LogP contribution in [0.2, 0.25) is 0 Å². The quantitative estimate of drug-likeness (QED) is 0.288. The van der Waals surface area contributed by atoms with Crippen molar-refractivity contribution in [2.24, 2.45) is 0 Å². The zero-order valence-electron chi connectivity index (χ0n) is 18.1. The number of fused-ring (bicyclic) bond motifs is 2. The number of hydrogen-bond acceptors (Lipinski definition) is 1. The predicted octanol–water partition coefficient (Wildman–Crippen LogP) is 7.11. The van der Waals surface area contributed by atoms with Gasteiger partial charge < -0.3 is 4.57 Å². The van der Waals surface area contributed by atoms with Gasteiger partial charge in [-0.05, 0) is 58.5 Å². The van der Waals surface area contributed by atoms with E-state index in [0.29, 0.717) is 0 Å². The van der Waals surface area contributed by atoms with E-state index in [2.05, 4.69) is 92.1 Å². The Kier molecular flexibility index (Phi) is 4.51. The predicted molar refractivity (Wildman–Crippen MR) is 131 cm³/mol. The van der Waals surface area contributed by atoms with E-state index in [1.165, 1.54) is 16.7 Å². The third-order valence-corrected chi connectivity index (χ3v) is 5.97. The molecular weight excluding hydrogens is 378 g/mol. The van der Waals surface area contributed by atoms with Crippen molar-refractivity contribution in [2.45, 2.75) is 26.2 Å². The second-order valence-electron chi connectivity index (χ2n) is 9.08. The van der Waals surface area contributed by atoms with Gasteiger partial charge in [-0.25, -0.2) is 0 Å². The molecule has 0 atom stereocenters. The average Bonchev–Trinajstić information content (AvgIpc) is 2.79. The maximum Gasteiger partial charge on any atom is 0.197 e. The Bertz CT molecular complexity index is 1450. The van der Waals surface area contributed by atoms with Crippen LogP contribution in [0.3, 0.4) is 0 Å². The molecule has 0 saturated carbocycles. The molecule has 0 unspecified atom stereocenters. The molecule has 0 aliphatic carbocycles. The Labute approximate surface area is 182 Å². The van der Waals surface area contributed by atoms with Gasteiger partial charge in [0, 0.05) is 16.5 Å². The molecule has 4 aromatic carbocycles. The molecule has 31 heavy (non-hydrogen) atoms. The maximum absolute atomic E-state index is 13.4. The summed E-state index contributed by atoms with van der Waals surface area (Å²) in [6, 6.07) is 33.1. The highest BCUT2D eigenvalue weighted by atomic mass is 16.1. The molecule has 0 bridgehead atoms. The molecule has 0 saturated heterocycles. The van der Waals surface area contributed by atoms with Gasteiger partial charge in [-0.3, -0.25) is 4.79 Å². The highest BCUT2D eigenvalue weighted by Crippen LogP contribution is 2.29. The minimum atomic E-state index is -0.0194. The summed E-state index contributed by atoms with van der Waals surface area (Å²) in [7, 11) is 0. The SMILES string of the molecule is CC(C)(C)c1ccc2c(c1)c(=O)c1ccccc1n2-c1ccc(-c2ccccc2)cc1. The van der Waals surface area contributed by atoms with Gasteiger partial charge >= 0.3 is 0 Å². The summed E-state index contributed by atoms with van der Waals surface area (Å²) < 4.78 is 2.20. The molecule has 0 spiro atoms. The zero-order valence-corrected chi connectivity index (χ0v) is 18.1. The topological polar surface area (TPSA) is 22.0 Å². The van der Waals surface area contributed by atoms with Crippen molar-refractivity contribution in [1.82, 2.24) is 4.57 Å². The van der Waals surface area contributed by atoms with E-state index in [4.69, 9.17) is 0 Å². The molecule has 1 aromatic heterocycles. The van der Waals surface area contributed by atoms with Crippen molar-refractivity contribution in [3.63, 3.8) is 0 Å². The van der Waals surface area contributed by atoms with Crippen LogP contribution in [0.15, 0.2) is 102 Å². The number of nitrogens with zero attached hydrogens (tertiary/aromatic N) is 1. The lowest BCUT2D eigenvalue weighted by atomic mass is 9.86. The number of pyridine rings is 1. The number of benzene rings is 4. The highest BCUT2D eigenvalue weighted by Gasteiger charge is 2.17. The molecule has 5 rings (SSSR count). The fourth-order valence-corrected chi connectivity index (χ4v) is 4.23. The molecule has 0 fully saturated rings. The highest BCUT2D eigenvalue weighted by molar-refractivity contribution is 5.95. The zero-order chi connectivity index (χ0) is 21.6. The summed E-state index contributed by atoms with van der Waals surface area (Å²) in [6.45, 7) is 6.53. The number of aromatic nitrogens is 1. The van der Waals surface area contributed by atoms with Crippen LogP contribution in [0.5, 0.6) is 0 Å². The molecule has 152 valence electrons. The van der Waals surface area contributed by atoms with Gasteiger partial charge in [0.05, 0.1) is 11.0 Å². The number of para-hydroxylation sites is 1. The first-order valence-corrected chi connectivity index (χ1v) is 10.7. The van der Waals surface area contributed by atoms with Crippen molar-refractivity contribution < 1.29 is 0 Å². The Morgan fingerprint density at radius 1 is 0.613 bits per heavy atom. The van der Waals surface area contributed by atoms with Crippen LogP contribution in [0.4, 0.5) is 0 Å². The largest absolute Gasteiger partial charge is 0.309 e. The van der Waals surface area contributed by atoms with Gasteiger partial charge in [-0.15, -0.1) is 0 Å². The van der Waals surface area contributed by atoms with Crippen molar-refractivity contribution in [3.05, 3.63) is 113 Å². The molecule has 0 aliphatic rings. The van der Waals surface area contributed by atoms with E-state index in [-0.39, 0.29) is 10.8 Å². The van der Waals surface area contributed by atoms with Crippen LogP contribution < -0.4 is 5.43 Å². The molecule has 1 heterocycles. The second kappa shape index (κ2) is 7.24. The van der Waals surface area contributed by atoms with Gasteiger partial charge in [0.25, 0.3) is 0 Å². The number of hydrogen-bond donors (Lipinski definition) is 0. The van der Waals surface area contributed by atoms with E-state index in [1.807, 2.05) is 30.3 Å². The average molecular weight is 404 g/mol. The molecular formula is C29H25NO. The van der Waals surface area contributed by atoms with Gasteiger partial charge in [-0.2, -0.15) is 0 Å². The standard InChI is InChI=1S/C29H25NO/c1-29(2,3)22-15-18-27-25(19-22)28(31)24-11-7-8-12-26(24)30(27)23-16-13-21(14-17-23)20-9-5-4-6-10-20/h4-19H,1-3H3. The minimum absolute atomic E-state index is 0.0194. The summed E-state index contributed by atoms with van der Waals surface area (Å²) in [5, 5.41) is 1.51. The monoisotopic (exact) mass is 403 g/mol. The minimum Gasteiger partial charge on any atom is -0.309 e. The van der Waals surface area contributed by atoms with Crippen LogP contribution in [-0.4, -0.2) is 4.57 Å². The first kappa shape index (κ1) is 19.3. The van der Waals surface area contributed by atoms with Gasteiger partial charge in [0.15, 0.2) is 5.43 Å². The smallest absolute Gasteiger partial charge is 0.197 e. The summed E-state index contributed by atoms with van der Waals surface area (Å²) in [6.07, 6.45) is 0. The lowest BCUT2D eigenvalue weighted by Crippen LogP contribution is -2.14. The summed E-state index contributed by atoms with van der Waals surface area (Å²) in [4.78, 5) is 13.4. The van der Waals surface area contributed by atoms with Crippen molar-refractivity contribution in [3.8, 4) is 16.8 Å². The maximum atomic E-state index is 13.4. The Hall–Kier alpha value is -3.65. The fourth-order valence-electron chi connectivity index (χ4n) is 4.23. The number of rotatable bonds is 2. The van der Waals surface area contributed by atoms with E-state index < -0.39 is 0 Å². The normalized spacial score (nSPS) is 11.8. The van der Waals surface area contributed by atoms with E-state index in [0.717, 1.165) is 27.5 Å². The molecule has 5 aromatic rings. The van der Waals surface area contributed by atoms with Crippen LogP contribution in [0, 0.1) is 0 Å². The van der Waals surface area contributed by atoms with Crippen molar-refractivity contribution >= 4 is 21.8 Å². The first-order valence-electron chi connectivity index (χ1n) is 10.7. The lowest BCUT2D eigenvalue weighted by molar-refractivity contribution is 0.591. The molecule has 0 aliphatic heterocycles. The Morgan fingerprint density at radius 2 is 1.23 bits per heavy atom. The summed E-state index contributed by atoms with van der Waals surface area (Å²) in [5.74, 6) is 0. The second-order valence-corrected chi connectivity index (χ2v) is 9.08. The van der Waals surface area contributed by atoms with E-state index in [9.17, 15) is 4.79 Å². The van der Waals surface area contributed by atoms with E-state index in [1.54, 1.807) is 0 Å². The van der Waals surface area contributed by atoms with Crippen LogP contribution in [0.1, 0.15) is 26.3 Å². The Morgan fingerprint density at radius 3 is 1.94 bits per heavy atom. The lowest BCUT2D eigenvalue weighted by Gasteiger charge is -2.21. The van der Waals surface area contributed by atoms with Crippen molar-refractivity contribution in [1.29, 1.82) is 0 Å². The molecule has 0 N–H and O–H groups in total. The summed E-state index contributed by atoms with van der Waals surface area (Å²) >= 11 is 0. The van der Waals surface area contributed by atoms with Crippen LogP contribution >= 0.6 is 0 Å². The molecule has 0 radical (unpaired) electrons. The third-order valence-electron chi connectivity index (χ3n) is 5.97. The van der Waals surface area contributed by atoms with Crippen LogP contribution in [0.25, 0.3) is 38.6 Å². The molecule has 0 amide bonds.